The second-order valence-electron chi connectivity index (χ2n) is 11.0. The zero-order valence-electron chi connectivity index (χ0n) is 23.0. The van der Waals surface area contributed by atoms with Crippen LogP contribution in [0.3, 0.4) is 0 Å². The lowest BCUT2D eigenvalue weighted by Gasteiger charge is -2.22. The van der Waals surface area contributed by atoms with Gasteiger partial charge in [-0.2, -0.15) is 23.3 Å². The summed E-state index contributed by atoms with van der Waals surface area (Å²) in [5, 5.41) is 10.1. The number of oxazole rings is 1. The van der Waals surface area contributed by atoms with Crippen molar-refractivity contribution in [3.05, 3.63) is 65.9 Å². The molecule has 0 spiro atoms. The Hall–Kier alpha value is -4.33. The molecule has 14 heteroatoms. The molecule has 0 saturated carbocycles. The molecular formula is C27H30F3N9O2. The van der Waals surface area contributed by atoms with Crippen molar-refractivity contribution in [1.82, 2.24) is 39.9 Å². The highest BCUT2D eigenvalue weighted by Gasteiger charge is 2.34. The van der Waals surface area contributed by atoms with Crippen LogP contribution in [0.5, 0.6) is 0 Å². The molecule has 1 aromatic carbocycles. The number of benzene rings is 1. The van der Waals surface area contributed by atoms with Crippen molar-refractivity contribution in [2.75, 3.05) is 18.4 Å². The van der Waals surface area contributed by atoms with Crippen LogP contribution in [-0.4, -0.2) is 59.8 Å². The molecular weight excluding hydrogens is 539 g/mol. The lowest BCUT2D eigenvalue weighted by Crippen LogP contribution is -2.35. The zero-order chi connectivity index (χ0) is 29.4. The summed E-state index contributed by atoms with van der Waals surface area (Å²) in [5.74, 6) is 0.597. The summed E-state index contributed by atoms with van der Waals surface area (Å²) in [4.78, 5) is 31.6. The fourth-order valence-electron chi connectivity index (χ4n) is 4.61. The van der Waals surface area contributed by atoms with Gasteiger partial charge in [0, 0.05) is 37.3 Å². The van der Waals surface area contributed by atoms with Gasteiger partial charge in [0.15, 0.2) is 17.4 Å². The number of fused-ring (bicyclic) bond motifs is 1. The molecule has 1 aliphatic rings. The molecule has 0 saturated heterocycles. The number of nitrogens with one attached hydrogen (secondary N) is 2. The van der Waals surface area contributed by atoms with Gasteiger partial charge in [-0.05, 0) is 23.6 Å². The molecule has 0 bridgehead atoms. The average molecular weight is 570 g/mol. The fraction of sp³-hybridized carbons (Fsp3) is 0.407. The Balaban J connectivity index is 1.43. The van der Waals surface area contributed by atoms with Crippen molar-refractivity contribution in [2.45, 2.75) is 51.4 Å². The molecule has 216 valence electrons. The lowest BCUT2D eigenvalue weighted by molar-refractivity contribution is -0.147. The molecule has 0 radical (unpaired) electrons. The van der Waals surface area contributed by atoms with Crippen molar-refractivity contribution in [1.29, 1.82) is 0 Å². The third-order valence-corrected chi connectivity index (χ3v) is 6.52. The highest BCUT2D eigenvalue weighted by molar-refractivity contribution is 5.92. The molecule has 5 rings (SSSR count). The van der Waals surface area contributed by atoms with E-state index in [0.29, 0.717) is 40.0 Å². The van der Waals surface area contributed by atoms with Crippen LogP contribution in [-0.2, 0) is 19.0 Å². The molecule has 3 aromatic heterocycles. The van der Waals surface area contributed by atoms with E-state index in [1.807, 2.05) is 20.8 Å². The minimum Gasteiger partial charge on any atom is -0.448 e. The normalized spacial score (nSPS) is 16.2. The molecule has 0 aliphatic carbocycles. The number of aryl methyl sites for hydroxylation is 1. The van der Waals surface area contributed by atoms with Crippen molar-refractivity contribution in [3.63, 3.8) is 0 Å². The molecule has 1 atom stereocenters. The highest BCUT2D eigenvalue weighted by Crippen LogP contribution is 2.32. The molecule has 4 aromatic rings. The van der Waals surface area contributed by atoms with Gasteiger partial charge in [-0.15, -0.1) is 0 Å². The third-order valence-electron chi connectivity index (χ3n) is 6.52. The number of hydrogen-bond acceptors (Lipinski definition) is 9. The number of carbonyl (C=O) groups excluding carboxylic acids is 1. The van der Waals surface area contributed by atoms with E-state index in [0.717, 1.165) is 0 Å². The van der Waals surface area contributed by atoms with E-state index >= 15 is 0 Å². The molecule has 11 nitrogen and oxygen atoms in total. The summed E-state index contributed by atoms with van der Waals surface area (Å²) >= 11 is 0. The Labute approximate surface area is 234 Å². The predicted molar refractivity (Wildman–Crippen MR) is 143 cm³/mol. The van der Waals surface area contributed by atoms with E-state index in [-0.39, 0.29) is 30.6 Å². The first-order chi connectivity index (χ1) is 19.3. The Morgan fingerprint density at radius 3 is 2.66 bits per heavy atom. The second-order valence-corrected chi connectivity index (χ2v) is 11.0. The van der Waals surface area contributed by atoms with Crippen molar-refractivity contribution >= 4 is 17.5 Å². The first kappa shape index (κ1) is 28.2. The van der Waals surface area contributed by atoms with E-state index in [1.165, 1.54) is 17.5 Å². The van der Waals surface area contributed by atoms with E-state index < -0.39 is 24.7 Å². The fourth-order valence-corrected chi connectivity index (χ4v) is 4.61. The van der Waals surface area contributed by atoms with Crippen molar-refractivity contribution < 1.29 is 22.4 Å². The van der Waals surface area contributed by atoms with Crippen LogP contribution in [0.15, 0.2) is 47.6 Å². The number of anilines is 2. The van der Waals surface area contributed by atoms with Crippen LogP contribution >= 0.6 is 0 Å². The first-order valence-electron chi connectivity index (χ1n) is 13.0. The van der Waals surface area contributed by atoms with Gasteiger partial charge < -0.3 is 15.1 Å². The molecule has 41 heavy (non-hydrogen) atoms. The van der Waals surface area contributed by atoms with Crippen LogP contribution < -0.4 is 10.6 Å². The number of hydrogen-bond donors (Lipinski definition) is 2. The molecule has 0 fully saturated rings. The van der Waals surface area contributed by atoms with Crippen LogP contribution in [0, 0.1) is 0 Å². The van der Waals surface area contributed by atoms with Crippen molar-refractivity contribution in [3.8, 4) is 11.4 Å². The maximum absolute atomic E-state index is 13.4. The standard InChI is InChI=1S/C27H30F3N9O2/c1-26(2,3)24-36-21(13-41-24)23(40)35-20-7-8-39(14-27(28,29)30)11-17-9-16(5-6-19(17)20)22-31-15-32-25(37-22)34-18-10-33-38(4)12-18/h5-6,9-10,12-13,15,20H,7-8,11,14H2,1-4H3,(H,35,40)(H,31,32,34,37)/t20-/m1/s1. The van der Waals surface area contributed by atoms with Gasteiger partial charge in [-0.1, -0.05) is 32.9 Å². The minimum atomic E-state index is -4.37. The van der Waals surface area contributed by atoms with Crippen LogP contribution in [0.1, 0.15) is 60.7 Å². The van der Waals surface area contributed by atoms with E-state index in [4.69, 9.17) is 4.42 Å². The summed E-state index contributed by atoms with van der Waals surface area (Å²) in [6, 6.07) is 4.81. The monoisotopic (exact) mass is 569 g/mol. The number of rotatable bonds is 6. The van der Waals surface area contributed by atoms with Crippen LogP contribution in [0.4, 0.5) is 24.8 Å². The number of alkyl halides is 3. The molecule has 4 heterocycles. The van der Waals surface area contributed by atoms with Gasteiger partial charge in [0.2, 0.25) is 5.95 Å². The SMILES string of the molecule is Cn1cc(Nc2ncnc(-c3ccc4c(c3)CN(CC(F)(F)F)CC[C@H]4NC(=O)c3coc(C(C)(C)C)n3)n2)cn1. The van der Waals surface area contributed by atoms with Crippen LogP contribution in [0.25, 0.3) is 11.4 Å². The number of halogens is 3. The number of amides is 1. The smallest absolute Gasteiger partial charge is 0.401 e. The van der Waals surface area contributed by atoms with Gasteiger partial charge in [0.25, 0.3) is 5.91 Å². The lowest BCUT2D eigenvalue weighted by atomic mass is 9.96. The van der Waals surface area contributed by atoms with Gasteiger partial charge in [0.1, 0.15) is 12.6 Å². The summed E-state index contributed by atoms with van der Waals surface area (Å²) in [6.45, 7) is 4.85. The van der Waals surface area contributed by atoms with Crippen LogP contribution in [0.2, 0.25) is 0 Å². The van der Waals surface area contributed by atoms with Gasteiger partial charge in [-0.3, -0.25) is 14.4 Å². The van der Waals surface area contributed by atoms with Gasteiger partial charge >= 0.3 is 6.18 Å². The van der Waals surface area contributed by atoms with E-state index in [1.54, 1.807) is 42.3 Å². The largest absolute Gasteiger partial charge is 0.448 e. The molecule has 0 unspecified atom stereocenters. The number of nitrogens with zero attached hydrogens (tertiary/aromatic N) is 7. The molecule has 1 amide bonds. The van der Waals surface area contributed by atoms with E-state index in [9.17, 15) is 18.0 Å². The third kappa shape index (κ3) is 6.88. The summed E-state index contributed by atoms with van der Waals surface area (Å²) < 4.78 is 47.2. The second kappa shape index (κ2) is 10.9. The topological polar surface area (TPSA) is 127 Å². The Kier molecular flexibility index (Phi) is 7.51. The maximum atomic E-state index is 13.4. The highest BCUT2D eigenvalue weighted by atomic mass is 19.4. The number of aromatic nitrogens is 6. The average Bonchev–Trinajstić information content (AvgIpc) is 3.52. The Morgan fingerprint density at radius 2 is 1.98 bits per heavy atom. The first-order valence-corrected chi connectivity index (χ1v) is 13.0. The zero-order valence-corrected chi connectivity index (χ0v) is 23.0. The molecule has 2 N–H and O–H groups in total. The van der Waals surface area contributed by atoms with E-state index in [2.05, 4.69) is 35.7 Å². The van der Waals surface area contributed by atoms with Gasteiger partial charge in [0.05, 0.1) is 24.5 Å². The molecule has 1 aliphatic heterocycles. The van der Waals surface area contributed by atoms with Gasteiger partial charge in [-0.25, -0.2) is 15.0 Å². The number of carbonyl (C=O) groups is 1. The Morgan fingerprint density at radius 1 is 1.17 bits per heavy atom. The minimum absolute atomic E-state index is 0.0407. The van der Waals surface area contributed by atoms with Crippen molar-refractivity contribution in [2.24, 2.45) is 7.05 Å². The summed E-state index contributed by atoms with van der Waals surface area (Å²) in [5.41, 5.74) is 2.37. The maximum Gasteiger partial charge on any atom is 0.401 e. The summed E-state index contributed by atoms with van der Waals surface area (Å²) in [7, 11) is 1.78. The summed E-state index contributed by atoms with van der Waals surface area (Å²) in [6.07, 6.45) is 1.95. The predicted octanol–water partition coefficient (Wildman–Crippen LogP) is 4.54. The quantitative estimate of drug-likeness (QED) is 0.344. The Bertz CT molecular complexity index is 1540.